The molecule has 0 bridgehead atoms. The summed E-state index contributed by atoms with van der Waals surface area (Å²) >= 11 is 3.42. The molecule has 0 radical (unpaired) electrons. The highest BCUT2D eigenvalue weighted by Gasteiger charge is 2.26. The number of hydrogen-bond acceptors (Lipinski definition) is 6. The molecular formula is C21H21BrN2O5. The molecule has 0 saturated carbocycles. The minimum Gasteiger partial charge on any atom is -0.493 e. The molecule has 0 atom stereocenters. The van der Waals surface area contributed by atoms with Gasteiger partial charge >= 0.3 is 0 Å². The third-order valence-electron chi connectivity index (χ3n) is 4.44. The van der Waals surface area contributed by atoms with Crippen LogP contribution in [0.5, 0.6) is 17.2 Å². The SMILES string of the molecule is COc1cc(C(=O)c2c(C)nc(-c3ccc(Br)cc3)n2OC)cc(OC)c1OC. The Morgan fingerprint density at radius 1 is 0.966 bits per heavy atom. The van der Waals surface area contributed by atoms with Gasteiger partial charge in [-0.1, -0.05) is 28.1 Å². The average molecular weight is 461 g/mol. The number of carbonyl (C=O) groups is 1. The van der Waals surface area contributed by atoms with Crippen molar-refractivity contribution in [1.82, 2.24) is 9.71 Å². The predicted molar refractivity (Wildman–Crippen MR) is 112 cm³/mol. The summed E-state index contributed by atoms with van der Waals surface area (Å²) in [6, 6.07) is 10.8. The molecular weight excluding hydrogens is 440 g/mol. The Kier molecular flexibility index (Phi) is 6.12. The molecule has 152 valence electrons. The first-order chi connectivity index (χ1) is 13.9. The fourth-order valence-electron chi connectivity index (χ4n) is 3.07. The van der Waals surface area contributed by atoms with Gasteiger partial charge in [-0.25, -0.2) is 4.98 Å². The molecule has 0 aliphatic heterocycles. The highest BCUT2D eigenvalue weighted by atomic mass is 79.9. The van der Waals surface area contributed by atoms with Crippen molar-refractivity contribution in [1.29, 1.82) is 0 Å². The minimum atomic E-state index is -0.278. The third kappa shape index (κ3) is 3.80. The summed E-state index contributed by atoms with van der Waals surface area (Å²) in [5, 5.41) is 0. The molecule has 0 fully saturated rings. The van der Waals surface area contributed by atoms with E-state index in [2.05, 4.69) is 20.9 Å². The molecule has 0 saturated heterocycles. The number of ether oxygens (including phenoxy) is 3. The number of ketones is 1. The van der Waals surface area contributed by atoms with Crippen molar-refractivity contribution in [2.45, 2.75) is 6.92 Å². The number of benzene rings is 2. The minimum absolute atomic E-state index is 0.278. The Bertz CT molecular complexity index is 1020. The smallest absolute Gasteiger partial charge is 0.215 e. The molecule has 1 aromatic heterocycles. The van der Waals surface area contributed by atoms with E-state index in [4.69, 9.17) is 19.0 Å². The topological polar surface area (TPSA) is 71.8 Å². The lowest BCUT2D eigenvalue weighted by Crippen LogP contribution is -2.17. The van der Waals surface area contributed by atoms with Gasteiger partial charge in [-0.05, 0) is 31.2 Å². The first-order valence-electron chi connectivity index (χ1n) is 8.69. The maximum absolute atomic E-state index is 13.4. The molecule has 0 N–H and O–H groups in total. The number of aryl methyl sites for hydroxylation is 1. The van der Waals surface area contributed by atoms with E-state index in [1.807, 2.05) is 24.3 Å². The Hall–Kier alpha value is -3.00. The maximum Gasteiger partial charge on any atom is 0.215 e. The van der Waals surface area contributed by atoms with Crippen molar-refractivity contribution in [2.24, 2.45) is 0 Å². The van der Waals surface area contributed by atoms with Crippen LogP contribution in [0.3, 0.4) is 0 Å². The Morgan fingerprint density at radius 2 is 1.55 bits per heavy atom. The van der Waals surface area contributed by atoms with Crippen molar-refractivity contribution in [3.8, 4) is 28.6 Å². The molecule has 0 spiro atoms. The maximum atomic E-state index is 13.4. The molecule has 0 amide bonds. The van der Waals surface area contributed by atoms with Crippen molar-refractivity contribution in [3.63, 3.8) is 0 Å². The lowest BCUT2D eigenvalue weighted by Gasteiger charge is -2.14. The summed E-state index contributed by atoms with van der Waals surface area (Å²) in [5.41, 5.74) is 2.05. The van der Waals surface area contributed by atoms with Crippen LogP contribution in [0.15, 0.2) is 40.9 Å². The monoisotopic (exact) mass is 460 g/mol. The van der Waals surface area contributed by atoms with Gasteiger partial charge in [-0.15, -0.1) is 0 Å². The predicted octanol–water partition coefficient (Wildman–Crippen LogP) is 3.94. The summed E-state index contributed by atoms with van der Waals surface area (Å²) in [6.07, 6.45) is 0. The lowest BCUT2D eigenvalue weighted by molar-refractivity contribution is 0.0978. The molecule has 0 unspecified atom stereocenters. The quantitative estimate of drug-likeness (QED) is 0.497. The van der Waals surface area contributed by atoms with E-state index in [1.54, 1.807) is 19.1 Å². The van der Waals surface area contributed by atoms with Gasteiger partial charge in [0.25, 0.3) is 0 Å². The fourth-order valence-corrected chi connectivity index (χ4v) is 3.34. The lowest BCUT2D eigenvalue weighted by atomic mass is 10.1. The number of hydrogen-bond donors (Lipinski definition) is 0. The summed E-state index contributed by atoms with van der Waals surface area (Å²) in [7, 11) is 6.01. The molecule has 8 heteroatoms. The molecule has 29 heavy (non-hydrogen) atoms. The fraction of sp³-hybridized carbons (Fsp3) is 0.238. The Balaban J connectivity index is 2.14. The number of rotatable bonds is 7. The van der Waals surface area contributed by atoms with Crippen LogP contribution in [0.2, 0.25) is 0 Å². The molecule has 3 aromatic rings. The van der Waals surface area contributed by atoms with E-state index in [0.29, 0.717) is 40.0 Å². The van der Waals surface area contributed by atoms with E-state index in [-0.39, 0.29) is 5.78 Å². The van der Waals surface area contributed by atoms with E-state index in [9.17, 15) is 4.79 Å². The second-order valence-corrected chi connectivity index (χ2v) is 7.01. The van der Waals surface area contributed by atoms with Gasteiger partial charge < -0.3 is 19.0 Å². The third-order valence-corrected chi connectivity index (χ3v) is 4.97. The van der Waals surface area contributed by atoms with Gasteiger partial charge in [-0.2, -0.15) is 4.73 Å². The number of halogens is 1. The first-order valence-corrected chi connectivity index (χ1v) is 9.48. The highest BCUT2D eigenvalue weighted by Crippen LogP contribution is 2.39. The van der Waals surface area contributed by atoms with Crippen molar-refractivity contribution >= 4 is 21.7 Å². The zero-order valence-electron chi connectivity index (χ0n) is 16.8. The van der Waals surface area contributed by atoms with Crippen molar-refractivity contribution < 1.29 is 23.8 Å². The van der Waals surface area contributed by atoms with Gasteiger partial charge in [0, 0.05) is 15.6 Å². The largest absolute Gasteiger partial charge is 0.493 e. The van der Waals surface area contributed by atoms with E-state index >= 15 is 0 Å². The molecule has 0 aliphatic carbocycles. The van der Waals surface area contributed by atoms with Crippen molar-refractivity contribution in [2.75, 3.05) is 28.4 Å². The van der Waals surface area contributed by atoms with Crippen LogP contribution in [0.4, 0.5) is 0 Å². The summed E-state index contributed by atoms with van der Waals surface area (Å²) in [5.74, 6) is 1.46. The van der Waals surface area contributed by atoms with Crippen LogP contribution in [0, 0.1) is 6.92 Å². The normalized spacial score (nSPS) is 10.6. The van der Waals surface area contributed by atoms with Crippen molar-refractivity contribution in [3.05, 3.63) is 57.8 Å². The second kappa shape index (κ2) is 8.57. The number of aromatic nitrogens is 2. The van der Waals surface area contributed by atoms with Gasteiger partial charge in [0.1, 0.15) is 7.11 Å². The molecule has 2 aromatic carbocycles. The van der Waals surface area contributed by atoms with Crippen LogP contribution in [-0.4, -0.2) is 43.9 Å². The van der Waals surface area contributed by atoms with E-state index in [1.165, 1.54) is 33.2 Å². The summed E-state index contributed by atoms with van der Waals surface area (Å²) in [4.78, 5) is 23.5. The standard InChI is InChI=1S/C21H21BrN2O5/c1-12-18(24(29-5)21(23-12)13-6-8-15(22)9-7-13)19(25)14-10-16(26-2)20(28-4)17(11-14)27-3/h6-11H,1-5H3. The number of imidazole rings is 1. The van der Waals surface area contributed by atoms with Gasteiger partial charge in [-0.3, -0.25) is 4.79 Å². The molecule has 7 nitrogen and oxygen atoms in total. The van der Waals surface area contributed by atoms with Gasteiger partial charge in [0.15, 0.2) is 23.0 Å². The number of carbonyl (C=O) groups excluding carboxylic acids is 1. The molecule has 3 rings (SSSR count). The molecule has 0 aliphatic rings. The highest BCUT2D eigenvalue weighted by molar-refractivity contribution is 9.10. The van der Waals surface area contributed by atoms with Crippen LogP contribution in [0.1, 0.15) is 21.7 Å². The average Bonchev–Trinajstić information content (AvgIpc) is 3.08. The zero-order valence-corrected chi connectivity index (χ0v) is 18.4. The van der Waals surface area contributed by atoms with Crippen LogP contribution < -0.4 is 19.0 Å². The Morgan fingerprint density at radius 3 is 2.03 bits per heavy atom. The second-order valence-electron chi connectivity index (χ2n) is 6.10. The van der Waals surface area contributed by atoms with Gasteiger partial charge in [0.05, 0.1) is 27.0 Å². The number of methoxy groups -OCH3 is 3. The van der Waals surface area contributed by atoms with Crippen LogP contribution in [0.25, 0.3) is 11.4 Å². The summed E-state index contributed by atoms with van der Waals surface area (Å²) < 4.78 is 18.4. The Labute approximate surface area is 177 Å². The van der Waals surface area contributed by atoms with Gasteiger partial charge in [0.2, 0.25) is 11.5 Å². The summed E-state index contributed by atoms with van der Waals surface area (Å²) in [6.45, 7) is 1.77. The van der Waals surface area contributed by atoms with E-state index in [0.717, 1.165) is 10.0 Å². The van der Waals surface area contributed by atoms with Crippen LogP contribution in [-0.2, 0) is 0 Å². The van der Waals surface area contributed by atoms with E-state index < -0.39 is 0 Å². The first kappa shape index (κ1) is 20.7. The molecule has 1 heterocycles. The van der Waals surface area contributed by atoms with Crippen LogP contribution >= 0.6 is 15.9 Å². The zero-order chi connectivity index (χ0) is 21.1. The number of nitrogens with zero attached hydrogens (tertiary/aromatic N) is 2.